The molecule has 0 saturated heterocycles. The van der Waals surface area contributed by atoms with E-state index in [9.17, 15) is 22.0 Å². The van der Waals surface area contributed by atoms with Crippen molar-refractivity contribution in [3.63, 3.8) is 0 Å². The van der Waals surface area contributed by atoms with Crippen molar-refractivity contribution in [1.29, 1.82) is 0 Å². The monoisotopic (exact) mass is 384 g/mol. The van der Waals surface area contributed by atoms with E-state index in [2.05, 4.69) is 9.47 Å². The predicted octanol–water partition coefficient (Wildman–Crippen LogP) is 6.03. The van der Waals surface area contributed by atoms with Crippen LogP contribution >= 0.6 is 0 Å². The lowest BCUT2D eigenvalue weighted by Gasteiger charge is -2.29. The van der Waals surface area contributed by atoms with Crippen LogP contribution in [0.4, 0.5) is 22.0 Å². The van der Waals surface area contributed by atoms with Crippen LogP contribution in [0.3, 0.4) is 0 Å². The van der Waals surface area contributed by atoms with Gasteiger partial charge in [0.25, 0.3) is 0 Å². The molecule has 1 heterocycles. The first-order chi connectivity index (χ1) is 12.7. The SMILES string of the molecule is Fc1ccc(Cc2cc3c(c(C4CCC(F)(F)CC4)c2)OC(F)(F)O3)cc1. The van der Waals surface area contributed by atoms with E-state index in [1.165, 1.54) is 18.2 Å². The highest BCUT2D eigenvalue weighted by molar-refractivity contribution is 5.53. The molecule has 0 amide bonds. The lowest BCUT2D eigenvalue weighted by atomic mass is 9.81. The largest absolute Gasteiger partial charge is 0.586 e. The van der Waals surface area contributed by atoms with E-state index >= 15 is 0 Å². The molecule has 0 atom stereocenters. The Morgan fingerprint density at radius 2 is 1.56 bits per heavy atom. The summed E-state index contributed by atoms with van der Waals surface area (Å²) in [5.41, 5.74) is 1.94. The maximum atomic E-state index is 13.6. The Bertz CT molecular complexity index is 838. The summed E-state index contributed by atoms with van der Waals surface area (Å²) in [6, 6.07) is 9.02. The number of ether oxygens (including phenoxy) is 2. The summed E-state index contributed by atoms with van der Waals surface area (Å²) < 4.78 is 76.5. The number of benzene rings is 2. The Morgan fingerprint density at radius 3 is 2.22 bits per heavy atom. The Balaban J connectivity index is 1.67. The number of halogens is 5. The van der Waals surface area contributed by atoms with Gasteiger partial charge < -0.3 is 9.47 Å². The van der Waals surface area contributed by atoms with Crippen molar-refractivity contribution in [2.75, 3.05) is 0 Å². The molecule has 0 bridgehead atoms. The molecule has 2 aromatic rings. The third kappa shape index (κ3) is 3.87. The zero-order valence-electron chi connectivity index (χ0n) is 14.3. The smallest absolute Gasteiger partial charge is 0.395 e. The molecule has 4 rings (SSSR count). The number of hydrogen-bond acceptors (Lipinski definition) is 2. The molecule has 0 unspecified atom stereocenters. The van der Waals surface area contributed by atoms with Crippen LogP contribution in [0.1, 0.15) is 48.3 Å². The van der Waals surface area contributed by atoms with E-state index < -0.39 is 12.2 Å². The van der Waals surface area contributed by atoms with Gasteiger partial charge in [-0.15, -0.1) is 8.78 Å². The Morgan fingerprint density at radius 1 is 0.889 bits per heavy atom. The second-order valence-electron chi connectivity index (χ2n) is 7.11. The number of hydrogen-bond donors (Lipinski definition) is 0. The molecule has 2 aliphatic rings. The molecule has 1 aliphatic heterocycles. The normalized spacial score (nSPS) is 20.6. The van der Waals surface area contributed by atoms with E-state index in [0.29, 0.717) is 17.5 Å². The second-order valence-corrected chi connectivity index (χ2v) is 7.11. The highest BCUT2D eigenvalue weighted by Gasteiger charge is 2.46. The van der Waals surface area contributed by atoms with Gasteiger partial charge in [0.15, 0.2) is 11.5 Å². The van der Waals surface area contributed by atoms with Gasteiger partial charge in [-0.25, -0.2) is 13.2 Å². The fourth-order valence-electron chi connectivity index (χ4n) is 3.73. The summed E-state index contributed by atoms with van der Waals surface area (Å²) in [4.78, 5) is 0. The fourth-order valence-corrected chi connectivity index (χ4v) is 3.73. The van der Waals surface area contributed by atoms with Gasteiger partial charge >= 0.3 is 6.29 Å². The van der Waals surface area contributed by atoms with Crippen LogP contribution in [0.25, 0.3) is 0 Å². The summed E-state index contributed by atoms with van der Waals surface area (Å²) in [5.74, 6) is -3.55. The summed E-state index contributed by atoms with van der Waals surface area (Å²) in [6.07, 6.45) is -3.59. The minimum atomic E-state index is -3.77. The maximum absolute atomic E-state index is 13.6. The quantitative estimate of drug-likeness (QED) is 0.602. The molecule has 2 aromatic carbocycles. The molecule has 1 saturated carbocycles. The molecular formula is C20H17F5O2. The molecule has 144 valence electrons. The Hall–Kier alpha value is -2.31. The van der Waals surface area contributed by atoms with Crippen molar-refractivity contribution in [2.45, 2.75) is 50.2 Å². The van der Waals surface area contributed by atoms with Crippen LogP contribution in [0, 0.1) is 5.82 Å². The molecule has 0 N–H and O–H groups in total. The van der Waals surface area contributed by atoms with Gasteiger partial charge in [-0.1, -0.05) is 18.2 Å². The van der Waals surface area contributed by atoms with Gasteiger partial charge in [-0.2, -0.15) is 0 Å². The zero-order valence-corrected chi connectivity index (χ0v) is 14.3. The van der Waals surface area contributed by atoms with E-state index in [0.717, 1.165) is 5.56 Å². The topological polar surface area (TPSA) is 18.5 Å². The van der Waals surface area contributed by atoms with E-state index in [1.807, 2.05) is 0 Å². The van der Waals surface area contributed by atoms with Gasteiger partial charge in [-0.05, 0) is 54.5 Å². The summed E-state index contributed by atoms with van der Waals surface area (Å²) >= 11 is 0. The van der Waals surface area contributed by atoms with Crippen molar-refractivity contribution in [1.82, 2.24) is 0 Å². The van der Waals surface area contributed by atoms with Crippen LogP contribution in [0.2, 0.25) is 0 Å². The van der Waals surface area contributed by atoms with Crippen molar-refractivity contribution >= 4 is 0 Å². The summed E-state index contributed by atoms with van der Waals surface area (Å²) in [6.45, 7) is 0. The molecule has 1 fully saturated rings. The first-order valence-corrected chi connectivity index (χ1v) is 8.76. The van der Waals surface area contributed by atoms with Crippen LogP contribution < -0.4 is 9.47 Å². The highest BCUT2D eigenvalue weighted by Crippen LogP contribution is 2.50. The van der Waals surface area contributed by atoms with Crippen LogP contribution in [-0.4, -0.2) is 12.2 Å². The fraction of sp³-hybridized carbons (Fsp3) is 0.400. The third-order valence-corrected chi connectivity index (χ3v) is 5.07. The van der Waals surface area contributed by atoms with Crippen molar-refractivity contribution < 1.29 is 31.4 Å². The zero-order chi connectivity index (χ0) is 19.2. The van der Waals surface area contributed by atoms with E-state index in [-0.39, 0.29) is 48.9 Å². The van der Waals surface area contributed by atoms with Gasteiger partial charge in [0.05, 0.1) is 0 Å². The van der Waals surface area contributed by atoms with Gasteiger partial charge in [-0.3, -0.25) is 0 Å². The molecule has 27 heavy (non-hydrogen) atoms. The van der Waals surface area contributed by atoms with Crippen LogP contribution in [0.15, 0.2) is 36.4 Å². The molecule has 0 radical (unpaired) electrons. The first-order valence-electron chi connectivity index (χ1n) is 8.76. The Kier molecular flexibility index (Phi) is 4.28. The van der Waals surface area contributed by atoms with Gasteiger partial charge in [0, 0.05) is 18.4 Å². The molecular weight excluding hydrogens is 367 g/mol. The van der Waals surface area contributed by atoms with Crippen molar-refractivity contribution in [3.05, 3.63) is 58.9 Å². The minimum Gasteiger partial charge on any atom is -0.395 e. The second kappa shape index (κ2) is 6.39. The average Bonchev–Trinajstić information content (AvgIpc) is 2.90. The van der Waals surface area contributed by atoms with Crippen LogP contribution in [0.5, 0.6) is 11.5 Å². The molecule has 2 nitrogen and oxygen atoms in total. The number of fused-ring (bicyclic) bond motifs is 1. The molecule has 0 spiro atoms. The van der Waals surface area contributed by atoms with E-state index in [1.54, 1.807) is 18.2 Å². The van der Waals surface area contributed by atoms with E-state index in [4.69, 9.17) is 0 Å². The third-order valence-electron chi connectivity index (χ3n) is 5.07. The summed E-state index contributed by atoms with van der Waals surface area (Å²) in [7, 11) is 0. The molecule has 0 aromatic heterocycles. The maximum Gasteiger partial charge on any atom is 0.586 e. The van der Waals surface area contributed by atoms with Crippen molar-refractivity contribution in [2.24, 2.45) is 0 Å². The van der Waals surface area contributed by atoms with Crippen molar-refractivity contribution in [3.8, 4) is 11.5 Å². The average molecular weight is 384 g/mol. The Labute approximate surface area is 152 Å². The molecule has 7 heteroatoms. The lowest BCUT2D eigenvalue weighted by molar-refractivity contribution is -0.287. The first kappa shape index (κ1) is 18.1. The summed E-state index contributed by atoms with van der Waals surface area (Å²) in [5, 5.41) is 0. The minimum absolute atomic E-state index is 0.0712. The van der Waals surface area contributed by atoms with Crippen LogP contribution in [-0.2, 0) is 6.42 Å². The molecule has 1 aliphatic carbocycles. The van der Waals surface area contributed by atoms with Gasteiger partial charge in [0.1, 0.15) is 5.82 Å². The number of alkyl halides is 4. The lowest BCUT2D eigenvalue weighted by Crippen LogP contribution is -2.26. The highest BCUT2D eigenvalue weighted by atomic mass is 19.3. The standard InChI is InChI=1S/C20H17F5O2/c21-15-3-1-12(2-4-15)9-13-10-16(14-5-7-19(22,23)8-6-14)18-17(11-13)26-20(24,25)27-18/h1-4,10-11,14H,5-9H2. The predicted molar refractivity (Wildman–Crippen MR) is 88.0 cm³/mol. The number of rotatable bonds is 3. The van der Waals surface area contributed by atoms with Gasteiger partial charge in [0.2, 0.25) is 5.92 Å².